The fourth-order valence-corrected chi connectivity index (χ4v) is 2.80. The Kier molecular flexibility index (Phi) is 3.27. The fraction of sp³-hybridized carbons (Fsp3) is 0.600. The van der Waals surface area contributed by atoms with Gasteiger partial charge < -0.3 is 9.84 Å². The third-order valence-corrected chi connectivity index (χ3v) is 3.85. The summed E-state index contributed by atoms with van der Waals surface area (Å²) in [5.41, 5.74) is 2.63. The Morgan fingerprint density at radius 1 is 1.39 bits per heavy atom. The minimum atomic E-state index is 0.245. The van der Waals surface area contributed by atoms with Gasteiger partial charge in [0.25, 0.3) is 0 Å². The standard InChI is InChI=1S/C15H21NO2/c1-11-2-5-15-12(8-11)9-14(18-15)10-16(6-7-17)13-3-4-13/h2,5,8,13-14,17H,3-4,6-7,9-10H2,1H3. The van der Waals surface area contributed by atoms with Crippen LogP contribution in [0.5, 0.6) is 5.75 Å². The second kappa shape index (κ2) is 4.90. The van der Waals surface area contributed by atoms with Crippen LogP contribution in [0.15, 0.2) is 18.2 Å². The van der Waals surface area contributed by atoms with Crippen molar-refractivity contribution in [2.75, 3.05) is 19.7 Å². The van der Waals surface area contributed by atoms with Gasteiger partial charge in [0.05, 0.1) is 6.61 Å². The molecule has 3 nitrogen and oxygen atoms in total. The number of fused-ring (bicyclic) bond motifs is 1. The van der Waals surface area contributed by atoms with Crippen LogP contribution < -0.4 is 4.74 Å². The molecule has 1 heterocycles. The second-order valence-corrected chi connectivity index (χ2v) is 5.50. The number of hydrogen-bond acceptors (Lipinski definition) is 3. The molecule has 0 bridgehead atoms. The van der Waals surface area contributed by atoms with Gasteiger partial charge in [0.15, 0.2) is 0 Å². The van der Waals surface area contributed by atoms with Crippen molar-refractivity contribution in [2.45, 2.75) is 38.3 Å². The van der Waals surface area contributed by atoms with Gasteiger partial charge in [-0.2, -0.15) is 0 Å². The molecule has 1 aromatic rings. The highest BCUT2D eigenvalue weighted by atomic mass is 16.5. The molecule has 0 aromatic heterocycles. The number of benzene rings is 1. The summed E-state index contributed by atoms with van der Waals surface area (Å²) < 4.78 is 5.99. The summed E-state index contributed by atoms with van der Waals surface area (Å²) in [5.74, 6) is 1.05. The quantitative estimate of drug-likeness (QED) is 0.860. The summed E-state index contributed by atoms with van der Waals surface area (Å²) >= 11 is 0. The van der Waals surface area contributed by atoms with Crippen molar-refractivity contribution >= 4 is 0 Å². The predicted molar refractivity (Wildman–Crippen MR) is 71.0 cm³/mol. The van der Waals surface area contributed by atoms with E-state index in [-0.39, 0.29) is 12.7 Å². The minimum Gasteiger partial charge on any atom is -0.488 e. The Hall–Kier alpha value is -1.06. The van der Waals surface area contributed by atoms with E-state index in [1.54, 1.807) is 0 Å². The number of aryl methyl sites for hydroxylation is 1. The molecule has 1 saturated carbocycles. The van der Waals surface area contributed by atoms with E-state index in [0.29, 0.717) is 6.04 Å². The number of aliphatic hydroxyl groups excluding tert-OH is 1. The highest BCUT2D eigenvalue weighted by Gasteiger charge is 2.32. The van der Waals surface area contributed by atoms with E-state index in [2.05, 4.69) is 30.0 Å². The molecular formula is C15H21NO2. The molecule has 1 fully saturated rings. The first kappa shape index (κ1) is 12.0. The molecule has 2 aliphatic rings. The van der Waals surface area contributed by atoms with Crippen LogP contribution in [-0.4, -0.2) is 41.8 Å². The zero-order valence-electron chi connectivity index (χ0n) is 10.9. The summed E-state index contributed by atoms with van der Waals surface area (Å²) in [6.45, 7) is 4.09. The van der Waals surface area contributed by atoms with Crippen molar-refractivity contribution < 1.29 is 9.84 Å². The molecular weight excluding hydrogens is 226 g/mol. The zero-order chi connectivity index (χ0) is 12.5. The zero-order valence-corrected chi connectivity index (χ0v) is 10.9. The topological polar surface area (TPSA) is 32.7 Å². The summed E-state index contributed by atoms with van der Waals surface area (Å²) in [6.07, 6.45) is 3.82. The van der Waals surface area contributed by atoms with Crippen molar-refractivity contribution in [1.29, 1.82) is 0 Å². The largest absolute Gasteiger partial charge is 0.488 e. The Morgan fingerprint density at radius 3 is 2.94 bits per heavy atom. The summed E-state index contributed by atoms with van der Waals surface area (Å²) in [7, 11) is 0. The lowest BCUT2D eigenvalue weighted by Crippen LogP contribution is -2.38. The van der Waals surface area contributed by atoms with Gasteiger partial charge in [-0.15, -0.1) is 0 Å². The fourth-order valence-electron chi connectivity index (χ4n) is 2.80. The molecule has 0 saturated heterocycles. The molecule has 3 heteroatoms. The maximum Gasteiger partial charge on any atom is 0.123 e. The van der Waals surface area contributed by atoms with Crippen LogP contribution in [0.25, 0.3) is 0 Å². The van der Waals surface area contributed by atoms with Gasteiger partial charge in [-0.1, -0.05) is 17.7 Å². The van der Waals surface area contributed by atoms with Gasteiger partial charge in [0.2, 0.25) is 0 Å². The third-order valence-electron chi connectivity index (χ3n) is 3.85. The van der Waals surface area contributed by atoms with Crippen LogP contribution in [-0.2, 0) is 6.42 Å². The van der Waals surface area contributed by atoms with E-state index < -0.39 is 0 Å². The summed E-state index contributed by atoms with van der Waals surface area (Å²) in [6, 6.07) is 7.10. The van der Waals surface area contributed by atoms with Gasteiger partial charge in [0, 0.05) is 25.6 Å². The van der Waals surface area contributed by atoms with E-state index in [0.717, 1.165) is 25.3 Å². The third kappa shape index (κ3) is 2.52. The van der Waals surface area contributed by atoms with E-state index in [1.807, 2.05) is 0 Å². The van der Waals surface area contributed by atoms with E-state index in [4.69, 9.17) is 9.84 Å². The number of aliphatic hydroxyl groups is 1. The van der Waals surface area contributed by atoms with Crippen LogP contribution in [0, 0.1) is 6.92 Å². The minimum absolute atomic E-state index is 0.245. The molecule has 98 valence electrons. The van der Waals surface area contributed by atoms with Gasteiger partial charge >= 0.3 is 0 Å². The summed E-state index contributed by atoms with van der Waals surface area (Å²) in [5, 5.41) is 9.11. The average molecular weight is 247 g/mol. The molecule has 1 aliphatic heterocycles. The smallest absolute Gasteiger partial charge is 0.123 e. The number of nitrogens with zero attached hydrogens (tertiary/aromatic N) is 1. The van der Waals surface area contributed by atoms with Gasteiger partial charge in [-0.25, -0.2) is 0 Å². The molecule has 3 rings (SSSR count). The SMILES string of the molecule is Cc1ccc2c(c1)CC(CN(CCO)C1CC1)O2. The van der Waals surface area contributed by atoms with Crippen molar-refractivity contribution in [3.8, 4) is 5.75 Å². The van der Waals surface area contributed by atoms with Crippen LogP contribution in [0.2, 0.25) is 0 Å². The Balaban J connectivity index is 1.62. The van der Waals surface area contributed by atoms with Gasteiger partial charge in [0.1, 0.15) is 11.9 Å². The predicted octanol–water partition coefficient (Wildman–Crippen LogP) is 1.76. The first-order valence-electron chi connectivity index (χ1n) is 6.87. The maximum atomic E-state index is 9.11. The first-order valence-corrected chi connectivity index (χ1v) is 6.87. The number of rotatable bonds is 5. The lowest BCUT2D eigenvalue weighted by molar-refractivity contribution is 0.124. The van der Waals surface area contributed by atoms with E-state index in [9.17, 15) is 0 Å². The van der Waals surface area contributed by atoms with Crippen molar-refractivity contribution in [3.05, 3.63) is 29.3 Å². The highest BCUT2D eigenvalue weighted by molar-refractivity contribution is 5.40. The summed E-state index contributed by atoms with van der Waals surface area (Å²) in [4.78, 5) is 2.38. The van der Waals surface area contributed by atoms with Gasteiger partial charge in [-0.3, -0.25) is 4.90 Å². The maximum absolute atomic E-state index is 9.11. The van der Waals surface area contributed by atoms with E-state index >= 15 is 0 Å². The monoisotopic (exact) mass is 247 g/mol. The normalized spacial score (nSPS) is 22.1. The lowest BCUT2D eigenvalue weighted by Gasteiger charge is -2.24. The number of ether oxygens (including phenoxy) is 1. The number of hydrogen-bond donors (Lipinski definition) is 1. The van der Waals surface area contributed by atoms with Crippen molar-refractivity contribution in [3.63, 3.8) is 0 Å². The van der Waals surface area contributed by atoms with Crippen LogP contribution >= 0.6 is 0 Å². The van der Waals surface area contributed by atoms with Crippen LogP contribution in [0.4, 0.5) is 0 Å². The van der Waals surface area contributed by atoms with Crippen molar-refractivity contribution in [2.24, 2.45) is 0 Å². The average Bonchev–Trinajstić information content (AvgIpc) is 3.10. The molecule has 0 spiro atoms. The molecule has 1 atom stereocenters. The highest BCUT2D eigenvalue weighted by Crippen LogP contribution is 2.32. The molecule has 1 unspecified atom stereocenters. The van der Waals surface area contributed by atoms with Crippen molar-refractivity contribution in [1.82, 2.24) is 4.90 Å². The van der Waals surface area contributed by atoms with E-state index in [1.165, 1.54) is 24.0 Å². The van der Waals surface area contributed by atoms with Crippen LogP contribution in [0.3, 0.4) is 0 Å². The molecule has 1 N–H and O–H groups in total. The molecule has 0 amide bonds. The molecule has 0 radical (unpaired) electrons. The first-order chi connectivity index (χ1) is 8.76. The molecule has 18 heavy (non-hydrogen) atoms. The Bertz CT molecular complexity index is 429. The lowest BCUT2D eigenvalue weighted by atomic mass is 10.1. The molecule has 1 aliphatic carbocycles. The van der Waals surface area contributed by atoms with Crippen LogP contribution in [0.1, 0.15) is 24.0 Å². The Morgan fingerprint density at radius 2 is 2.22 bits per heavy atom. The second-order valence-electron chi connectivity index (χ2n) is 5.50. The van der Waals surface area contributed by atoms with Gasteiger partial charge in [-0.05, 0) is 31.4 Å². The Labute approximate surface area is 108 Å². The molecule has 1 aromatic carbocycles.